The number of urea groups is 1. The second-order valence-electron chi connectivity index (χ2n) is 5.16. The average Bonchev–Trinajstić information content (AvgIpc) is 3.06. The van der Waals surface area contributed by atoms with Crippen LogP contribution < -0.4 is 0 Å². The number of hydrogen-bond acceptors (Lipinski definition) is 5. The third kappa shape index (κ3) is 3.33. The van der Waals surface area contributed by atoms with E-state index in [1.165, 1.54) is 16.2 Å². The Morgan fingerprint density at radius 1 is 1.48 bits per heavy atom. The largest absolute Gasteiger partial charge is 0.481 e. The highest BCUT2D eigenvalue weighted by Gasteiger charge is 2.39. The van der Waals surface area contributed by atoms with Gasteiger partial charge in [-0.25, -0.2) is 9.78 Å². The summed E-state index contributed by atoms with van der Waals surface area (Å²) in [6.45, 7) is 2.77. The van der Waals surface area contributed by atoms with E-state index in [1.807, 2.05) is 6.92 Å². The number of amides is 2. The number of nitrogens with zero attached hydrogens (tertiary/aromatic N) is 3. The maximum Gasteiger partial charge on any atom is 0.320 e. The molecule has 0 saturated carbocycles. The molecule has 1 fully saturated rings. The van der Waals surface area contributed by atoms with Gasteiger partial charge in [0, 0.05) is 19.0 Å². The van der Waals surface area contributed by atoms with E-state index in [-0.39, 0.29) is 19.2 Å². The Hall–Kier alpha value is -1.67. The first-order valence-electron chi connectivity index (χ1n) is 6.59. The molecule has 1 aliphatic heterocycles. The maximum atomic E-state index is 12.4. The van der Waals surface area contributed by atoms with Crippen LogP contribution in [0.3, 0.4) is 0 Å². The number of carbonyl (C=O) groups excluding carboxylic acids is 1. The van der Waals surface area contributed by atoms with E-state index in [0.29, 0.717) is 6.54 Å². The summed E-state index contributed by atoms with van der Waals surface area (Å²) in [5.41, 5.74) is 2.66. The lowest BCUT2D eigenvalue weighted by molar-refractivity contribution is -0.142. The molecule has 2 unspecified atom stereocenters. The van der Waals surface area contributed by atoms with E-state index >= 15 is 0 Å². The highest BCUT2D eigenvalue weighted by atomic mass is 32.1. The quantitative estimate of drug-likeness (QED) is 0.898. The van der Waals surface area contributed by atoms with E-state index < -0.39 is 17.9 Å². The molecule has 2 atom stereocenters. The fourth-order valence-corrected chi connectivity index (χ4v) is 3.16. The van der Waals surface area contributed by atoms with E-state index in [0.717, 1.165) is 10.6 Å². The molecule has 1 aromatic heterocycles. The van der Waals surface area contributed by atoms with Gasteiger partial charge in [-0.2, -0.15) is 0 Å². The molecule has 1 N–H and O–H groups in total. The molecule has 1 aliphatic rings. The monoisotopic (exact) mass is 313 g/mol. The van der Waals surface area contributed by atoms with Crippen molar-refractivity contribution in [2.75, 3.05) is 27.3 Å². The van der Waals surface area contributed by atoms with Crippen molar-refractivity contribution in [2.45, 2.75) is 19.5 Å². The van der Waals surface area contributed by atoms with Gasteiger partial charge in [-0.15, -0.1) is 11.3 Å². The third-order valence-corrected chi connectivity index (χ3v) is 4.64. The van der Waals surface area contributed by atoms with Crippen LogP contribution in [0.5, 0.6) is 0 Å². The zero-order valence-electron chi connectivity index (χ0n) is 12.3. The molecule has 0 aliphatic carbocycles. The van der Waals surface area contributed by atoms with Gasteiger partial charge in [-0.1, -0.05) is 0 Å². The first kappa shape index (κ1) is 15.7. The number of aromatic nitrogens is 1. The number of aliphatic carboxylic acids is 1. The molecule has 1 aromatic rings. The van der Waals surface area contributed by atoms with E-state index in [1.54, 1.807) is 24.5 Å². The molecular formula is C13H19N3O4S. The molecule has 1 saturated heterocycles. The number of carbonyl (C=O) groups is 2. The van der Waals surface area contributed by atoms with Crippen molar-refractivity contribution in [3.05, 3.63) is 16.1 Å². The summed E-state index contributed by atoms with van der Waals surface area (Å²) in [7, 11) is 3.32. The maximum absolute atomic E-state index is 12.4. The van der Waals surface area contributed by atoms with Gasteiger partial charge in [-0.3, -0.25) is 4.79 Å². The van der Waals surface area contributed by atoms with Crippen molar-refractivity contribution < 1.29 is 19.4 Å². The molecule has 0 aromatic carbocycles. The number of carboxylic acids is 1. The van der Waals surface area contributed by atoms with Crippen molar-refractivity contribution in [3.8, 4) is 0 Å². The van der Waals surface area contributed by atoms with Crippen LogP contribution >= 0.6 is 11.3 Å². The number of carboxylic acid groups (broad SMARTS) is 1. The SMILES string of the molecule is Cc1ncsc1CN(C)C(=O)N(C)C1COCC1C(=O)O. The predicted octanol–water partition coefficient (Wildman–Crippen LogP) is 1.03. The first-order chi connectivity index (χ1) is 9.91. The Kier molecular flexibility index (Phi) is 4.79. The van der Waals surface area contributed by atoms with Gasteiger partial charge >= 0.3 is 12.0 Å². The smallest absolute Gasteiger partial charge is 0.320 e. The van der Waals surface area contributed by atoms with Gasteiger partial charge in [-0.05, 0) is 6.92 Å². The number of thiazole rings is 1. The number of ether oxygens (including phenoxy) is 1. The van der Waals surface area contributed by atoms with Crippen LogP contribution in [-0.4, -0.2) is 65.2 Å². The van der Waals surface area contributed by atoms with E-state index in [4.69, 9.17) is 9.84 Å². The summed E-state index contributed by atoms with van der Waals surface area (Å²) in [6.07, 6.45) is 0. The molecule has 116 valence electrons. The Labute approximate surface area is 127 Å². The number of hydrogen-bond donors (Lipinski definition) is 1. The van der Waals surface area contributed by atoms with Crippen LogP contribution in [0.1, 0.15) is 10.6 Å². The standard InChI is InChI=1S/C13H19N3O4S/c1-8-11(21-7-14-8)4-15(2)13(19)16(3)10-6-20-5-9(10)12(17)18/h7,9-10H,4-6H2,1-3H3,(H,17,18). The average molecular weight is 313 g/mol. The minimum absolute atomic E-state index is 0.148. The predicted molar refractivity (Wildman–Crippen MR) is 77.2 cm³/mol. The molecule has 0 radical (unpaired) electrons. The fraction of sp³-hybridized carbons (Fsp3) is 0.615. The second-order valence-corrected chi connectivity index (χ2v) is 6.10. The Balaban J connectivity index is 2.01. The summed E-state index contributed by atoms with van der Waals surface area (Å²) >= 11 is 1.50. The van der Waals surface area contributed by atoms with Crippen molar-refractivity contribution in [3.63, 3.8) is 0 Å². The van der Waals surface area contributed by atoms with Crippen molar-refractivity contribution in [2.24, 2.45) is 5.92 Å². The second kappa shape index (κ2) is 6.40. The Morgan fingerprint density at radius 3 is 2.76 bits per heavy atom. The lowest BCUT2D eigenvalue weighted by Gasteiger charge is -2.30. The van der Waals surface area contributed by atoms with Crippen LogP contribution in [-0.2, 0) is 16.1 Å². The minimum atomic E-state index is -0.932. The zero-order valence-corrected chi connectivity index (χ0v) is 13.1. The zero-order chi connectivity index (χ0) is 15.6. The van der Waals surface area contributed by atoms with E-state index in [2.05, 4.69) is 4.98 Å². The van der Waals surface area contributed by atoms with Crippen LogP contribution in [0.2, 0.25) is 0 Å². The lowest BCUT2D eigenvalue weighted by atomic mass is 10.0. The van der Waals surface area contributed by atoms with Crippen LogP contribution in [0, 0.1) is 12.8 Å². The van der Waals surface area contributed by atoms with E-state index in [9.17, 15) is 9.59 Å². The van der Waals surface area contributed by atoms with Crippen molar-refractivity contribution in [1.82, 2.24) is 14.8 Å². The Morgan fingerprint density at radius 2 is 2.19 bits per heavy atom. The normalized spacial score (nSPS) is 21.3. The molecular weight excluding hydrogens is 294 g/mol. The summed E-state index contributed by atoms with van der Waals surface area (Å²) in [5, 5.41) is 9.16. The summed E-state index contributed by atoms with van der Waals surface area (Å²) < 4.78 is 5.21. The molecule has 0 spiro atoms. The van der Waals surface area contributed by atoms with Gasteiger partial charge in [0.2, 0.25) is 0 Å². The van der Waals surface area contributed by atoms with Gasteiger partial charge in [0.15, 0.2) is 0 Å². The molecule has 2 amide bonds. The topological polar surface area (TPSA) is 83.0 Å². The summed E-state index contributed by atoms with van der Waals surface area (Å²) in [6, 6.07) is -0.649. The van der Waals surface area contributed by atoms with Gasteiger partial charge in [0.25, 0.3) is 0 Å². The fourth-order valence-electron chi connectivity index (χ4n) is 2.33. The summed E-state index contributed by atoms with van der Waals surface area (Å²) in [4.78, 5) is 31.8. The highest BCUT2D eigenvalue weighted by Crippen LogP contribution is 2.21. The number of aryl methyl sites for hydroxylation is 1. The van der Waals surface area contributed by atoms with Crippen molar-refractivity contribution >= 4 is 23.3 Å². The molecule has 2 heterocycles. The number of likely N-dealkylation sites (N-methyl/N-ethyl adjacent to an activating group) is 1. The lowest BCUT2D eigenvalue weighted by Crippen LogP contribution is -2.48. The molecule has 2 rings (SSSR count). The van der Waals surface area contributed by atoms with Gasteiger partial charge in [0.1, 0.15) is 5.92 Å². The molecule has 7 nitrogen and oxygen atoms in total. The molecule has 0 bridgehead atoms. The van der Waals surface area contributed by atoms with Crippen LogP contribution in [0.4, 0.5) is 4.79 Å². The highest BCUT2D eigenvalue weighted by molar-refractivity contribution is 7.09. The van der Waals surface area contributed by atoms with Crippen LogP contribution in [0.25, 0.3) is 0 Å². The Bertz CT molecular complexity index is 533. The minimum Gasteiger partial charge on any atom is -0.481 e. The molecule has 21 heavy (non-hydrogen) atoms. The number of rotatable bonds is 4. The third-order valence-electron chi connectivity index (χ3n) is 3.72. The summed E-state index contributed by atoms with van der Waals surface area (Å²) in [5.74, 6) is -1.60. The van der Waals surface area contributed by atoms with Gasteiger partial charge in [0.05, 0.1) is 37.0 Å². The van der Waals surface area contributed by atoms with Crippen LogP contribution in [0.15, 0.2) is 5.51 Å². The molecule has 8 heteroatoms. The van der Waals surface area contributed by atoms with Gasteiger partial charge < -0.3 is 19.6 Å². The van der Waals surface area contributed by atoms with Crippen molar-refractivity contribution in [1.29, 1.82) is 0 Å². The first-order valence-corrected chi connectivity index (χ1v) is 7.47.